The van der Waals surface area contributed by atoms with Crippen LogP contribution in [0.15, 0.2) is 54.6 Å². The van der Waals surface area contributed by atoms with Crippen LogP contribution >= 0.6 is 22.6 Å². The molecule has 3 rings (SSSR count). The van der Waals surface area contributed by atoms with Crippen molar-refractivity contribution in [1.82, 2.24) is 5.32 Å². The van der Waals surface area contributed by atoms with Gasteiger partial charge >= 0.3 is 0 Å². The van der Waals surface area contributed by atoms with E-state index in [0.29, 0.717) is 6.04 Å². The lowest BCUT2D eigenvalue weighted by Gasteiger charge is -2.29. The molecule has 1 fully saturated rings. The lowest BCUT2D eigenvalue weighted by atomic mass is 9.82. The summed E-state index contributed by atoms with van der Waals surface area (Å²) in [6.07, 6.45) is 5.22. The molecule has 0 unspecified atom stereocenters. The van der Waals surface area contributed by atoms with Crippen molar-refractivity contribution in [3.8, 4) is 0 Å². The highest BCUT2D eigenvalue weighted by Gasteiger charge is 2.21. The Bertz CT molecular complexity index is 542. The van der Waals surface area contributed by atoms with Crippen LogP contribution in [0.1, 0.15) is 42.7 Å². The predicted molar refractivity (Wildman–Crippen MR) is 97.4 cm³/mol. The van der Waals surface area contributed by atoms with Crippen LogP contribution in [-0.2, 0) is 6.54 Å². The molecule has 110 valence electrons. The second-order valence-corrected chi connectivity index (χ2v) is 7.21. The van der Waals surface area contributed by atoms with Crippen molar-refractivity contribution >= 4 is 22.6 Å². The van der Waals surface area contributed by atoms with E-state index in [9.17, 15) is 0 Å². The lowest BCUT2D eigenvalue weighted by Crippen LogP contribution is -2.32. The minimum Gasteiger partial charge on any atom is -0.310 e. The zero-order valence-corrected chi connectivity index (χ0v) is 14.4. The van der Waals surface area contributed by atoms with Gasteiger partial charge in [-0.15, -0.1) is 0 Å². The third kappa shape index (κ3) is 4.30. The molecule has 0 saturated heterocycles. The summed E-state index contributed by atoms with van der Waals surface area (Å²) < 4.78 is 1.33. The number of rotatable bonds is 4. The molecule has 0 bridgehead atoms. The second-order valence-electron chi connectivity index (χ2n) is 5.97. The number of benzene rings is 2. The van der Waals surface area contributed by atoms with Crippen molar-refractivity contribution in [2.45, 2.75) is 44.2 Å². The molecule has 0 amide bonds. The van der Waals surface area contributed by atoms with Gasteiger partial charge in [0.15, 0.2) is 0 Å². The van der Waals surface area contributed by atoms with Crippen molar-refractivity contribution < 1.29 is 0 Å². The minimum atomic E-state index is 0.685. The third-order valence-corrected chi connectivity index (χ3v) is 5.23. The topological polar surface area (TPSA) is 12.0 Å². The van der Waals surface area contributed by atoms with Gasteiger partial charge in [0, 0.05) is 16.2 Å². The van der Waals surface area contributed by atoms with E-state index in [0.717, 1.165) is 12.5 Å². The van der Waals surface area contributed by atoms with E-state index in [4.69, 9.17) is 0 Å². The van der Waals surface area contributed by atoms with Crippen molar-refractivity contribution in [2.24, 2.45) is 0 Å². The van der Waals surface area contributed by atoms with Gasteiger partial charge in [-0.05, 0) is 77.5 Å². The first-order valence-electron chi connectivity index (χ1n) is 7.84. The van der Waals surface area contributed by atoms with Gasteiger partial charge in [0.1, 0.15) is 0 Å². The SMILES string of the molecule is Ic1ccc(C2CCC(NCc3ccccc3)CC2)cc1. The van der Waals surface area contributed by atoms with Gasteiger partial charge in [0.05, 0.1) is 0 Å². The molecule has 2 aromatic rings. The largest absolute Gasteiger partial charge is 0.310 e. The van der Waals surface area contributed by atoms with E-state index in [1.807, 2.05) is 0 Å². The fraction of sp³-hybridized carbons (Fsp3) is 0.368. The molecule has 1 aliphatic rings. The van der Waals surface area contributed by atoms with Crippen molar-refractivity contribution in [1.29, 1.82) is 0 Å². The molecule has 1 saturated carbocycles. The highest BCUT2D eigenvalue weighted by molar-refractivity contribution is 14.1. The van der Waals surface area contributed by atoms with E-state index in [-0.39, 0.29) is 0 Å². The molecule has 21 heavy (non-hydrogen) atoms. The quantitative estimate of drug-likeness (QED) is 0.715. The molecule has 0 aliphatic heterocycles. The van der Waals surface area contributed by atoms with Gasteiger partial charge in [-0.3, -0.25) is 0 Å². The first-order chi connectivity index (χ1) is 10.3. The summed E-state index contributed by atoms with van der Waals surface area (Å²) in [5.74, 6) is 0.761. The lowest BCUT2D eigenvalue weighted by molar-refractivity contribution is 0.341. The zero-order chi connectivity index (χ0) is 14.5. The maximum absolute atomic E-state index is 3.72. The highest BCUT2D eigenvalue weighted by Crippen LogP contribution is 2.33. The average molecular weight is 391 g/mol. The Morgan fingerprint density at radius 1 is 0.857 bits per heavy atom. The van der Waals surface area contributed by atoms with E-state index in [2.05, 4.69) is 82.5 Å². The van der Waals surface area contributed by atoms with E-state index in [1.165, 1.54) is 40.4 Å². The Balaban J connectivity index is 1.48. The Kier molecular flexibility index (Phi) is 5.31. The molecule has 1 aliphatic carbocycles. The molecule has 1 nitrogen and oxygen atoms in total. The molecule has 0 atom stereocenters. The number of nitrogens with one attached hydrogen (secondary N) is 1. The van der Waals surface area contributed by atoms with Gasteiger partial charge in [0.2, 0.25) is 0 Å². The van der Waals surface area contributed by atoms with Crippen LogP contribution < -0.4 is 5.32 Å². The van der Waals surface area contributed by atoms with E-state index >= 15 is 0 Å². The van der Waals surface area contributed by atoms with Gasteiger partial charge in [-0.25, -0.2) is 0 Å². The molecule has 0 spiro atoms. The molecule has 1 N–H and O–H groups in total. The normalized spacial score (nSPS) is 22.1. The van der Waals surface area contributed by atoms with Crippen LogP contribution in [0.5, 0.6) is 0 Å². The summed E-state index contributed by atoms with van der Waals surface area (Å²) >= 11 is 2.38. The standard InChI is InChI=1S/C19H22IN/c20-18-10-6-16(7-11-18)17-8-12-19(13-9-17)21-14-15-4-2-1-3-5-15/h1-7,10-11,17,19,21H,8-9,12-14H2. The first kappa shape index (κ1) is 15.0. The fourth-order valence-corrected chi connectivity index (χ4v) is 3.58. The van der Waals surface area contributed by atoms with E-state index in [1.54, 1.807) is 0 Å². The number of halogens is 1. The van der Waals surface area contributed by atoms with Crippen molar-refractivity contribution in [3.63, 3.8) is 0 Å². The average Bonchev–Trinajstić information content (AvgIpc) is 2.55. The van der Waals surface area contributed by atoms with Crippen LogP contribution in [0.3, 0.4) is 0 Å². The first-order valence-corrected chi connectivity index (χ1v) is 8.92. The maximum Gasteiger partial charge on any atom is 0.0208 e. The summed E-state index contributed by atoms with van der Waals surface area (Å²) in [5, 5.41) is 3.72. The Morgan fingerprint density at radius 2 is 1.52 bits per heavy atom. The van der Waals surface area contributed by atoms with Crippen molar-refractivity contribution in [2.75, 3.05) is 0 Å². The zero-order valence-electron chi connectivity index (χ0n) is 12.3. The summed E-state index contributed by atoms with van der Waals surface area (Å²) in [7, 11) is 0. The Labute approximate surface area is 141 Å². The van der Waals surface area contributed by atoms with E-state index < -0.39 is 0 Å². The third-order valence-electron chi connectivity index (χ3n) is 4.51. The number of hydrogen-bond acceptors (Lipinski definition) is 1. The van der Waals surface area contributed by atoms with Crippen LogP contribution in [0.25, 0.3) is 0 Å². The Morgan fingerprint density at radius 3 is 2.19 bits per heavy atom. The van der Waals surface area contributed by atoms with Gasteiger partial charge in [-0.1, -0.05) is 42.5 Å². The molecule has 0 radical (unpaired) electrons. The summed E-state index contributed by atoms with van der Waals surface area (Å²) in [6, 6.07) is 20.5. The minimum absolute atomic E-state index is 0.685. The summed E-state index contributed by atoms with van der Waals surface area (Å²) in [5.41, 5.74) is 2.91. The molecule has 2 heteroatoms. The molecule has 0 aromatic heterocycles. The van der Waals surface area contributed by atoms with Gasteiger partial charge in [0.25, 0.3) is 0 Å². The highest BCUT2D eigenvalue weighted by atomic mass is 127. The van der Waals surface area contributed by atoms with Gasteiger partial charge in [-0.2, -0.15) is 0 Å². The van der Waals surface area contributed by atoms with Crippen LogP contribution in [0.4, 0.5) is 0 Å². The van der Waals surface area contributed by atoms with Crippen LogP contribution in [0.2, 0.25) is 0 Å². The van der Waals surface area contributed by atoms with Crippen LogP contribution in [-0.4, -0.2) is 6.04 Å². The number of hydrogen-bond donors (Lipinski definition) is 1. The predicted octanol–water partition coefficient (Wildman–Crippen LogP) is 5.11. The summed E-state index contributed by atoms with van der Waals surface area (Å²) in [4.78, 5) is 0. The maximum atomic E-state index is 3.72. The monoisotopic (exact) mass is 391 g/mol. The Hall–Kier alpha value is -0.870. The fourth-order valence-electron chi connectivity index (χ4n) is 3.22. The molecular weight excluding hydrogens is 369 g/mol. The second kappa shape index (κ2) is 7.41. The van der Waals surface area contributed by atoms with Crippen LogP contribution in [0, 0.1) is 3.57 Å². The molecular formula is C19H22IN. The molecule has 0 heterocycles. The van der Waals surface area contributed by atoms with Gasteiger partial charge < -0.3 is 5.32 Å². The summed E-state index contributed by atoms with van der Waals surface area (Å²) in [6.45, 7) is 1.000. The molecule has 2 aromatic carbocycles. The smallest absolute Gasteiger partial charge is 0.0208 e. The van der Waals surface area contributed by atoms with Crippen molar-refractivity contribution in [3.05, 3.63) is 69.3 Å².